The highest BCUT2D eigenvalue weighted by molar-refractivity contribution is 9.10. The minimum atomic E-state index is 0.282. The second kappa shape index (κ2) is 3.29. The number of phenols is 1. The summed E-state index contributed by atoms with van der Waals surface area (Å²) in [7, 11) is 1.94. The Balaban J connectivity index is 2.85. The third-order valence-electron chi connectivity index (χ3n) is 2.41. The van der Waals surface area contributed by atoms with E-state index >= 15 is 0 Å². The lowest BCUT2D eigenvalue weighted by Gasteiger charge is -2.01. The van der Waals surface area contributed by atoms with Gasteiger partial charge < -0.3 is 15.4 Å². The van der Waals surface area contributed by atoms with E-state index in [1.165, 1.54) is 0 Å². The van der Waals surface area contributed by atoms with Gasteiger partial charge in [0.2, 0.25) is 0 Å². The van der Waals surface area contributed by atoms with E-state index in [-0.39, 0.29) is 5.75 Å². The van der Waals surface area contributed by atoms with Crippen molar-refractivity contribution in [1.82, 2.24) is 4.57 Å². The van der Waals surface area contributed by atoms with Crippen LogP contribution < -0.4 is 5.73 Å². The molecule has 0 aliphatic carbocycles. The van der Waals surface area contributed by atoms with Gasteiger partial charge in [-0.25, -0.2) is 0 Å². The number of aromatic hydroxyl groups is 1. The lowest BCUT2D eigenvalue weighted by Crippen LogP contribution is -2.02. The predicted molar refractivity (Wildman–Crippen MR) is 60.2 cm³/mol. The molecule has 1 heterocycles. The summed E-state index contributed by atoms with van der Waals surface area (Å²) in [5.74, 6) is 0.282. The van der Waals surface area contributed by atoms with Crippen molar-refractivity contribution in [1.29, 1.82) is 0 Å². The second-order valence-electron chi connectivity index (χ2n) is 3.26. The Morgan fingerprint density at radius 3 is 2.79 bits per heavy atom. The van der Waals surface area contributed by atoms with Gasteiger partial charge in [-0.05, 0) is 18.2 Å². The van der Waals surface area contributed by atoms with Crippen LogP contribution in [0.15, 0.2) is 22.7 Å². The van der Waals surface area contributed by atoms with E-state index in [4.69, 9.17) is 5.73 Å². The van der Waals surface area contributed by atoms with Gasteiger partial charge in [0.15, 0.2) is 0 Å². The molecule has 0 saturated carbocycles. The van der Waals surface area contributed by atoms with Crippen LogP contribution in [0.5, 0.6) is 5.75 Å². The predicted octanol–water partition coefficient (Wildman–Crippen LogP) is 2.11. The summed E-state index contributed by atoms with van der Waals surface area (Å²) in [5.41, 5.74) is 7.58. The monoisotopic (exact) mass is 254 g/mol. The van der Waals surface area contributed by atoms with Crippen molar-refractivity contribution in [3.05, 3.63) is 28.4 Å². The largest absolute Gasteiger partial charge is 0.507 e. The van der Waals surface area contributed by atoms with Crippen LogP contribution >= 0.6 is 15.9 Å². The van der Waals surface area contributed by atoms with Gasteiger partial charge in [0.1, 0.15) is 5.75 Å². The van der Waals surface area contributed by atoms with E-state index < -0.39 is 0 Å². The quantitative estimate of drug-likeness (QED) is 0.819. The molecule has 0 unspecified atom stereocenters. The van der Waals surface area contributed by atoms with Crippen molar-refractivity contribution < 1.29 is 5.11 Å². The van der Waals surface area contributed by atoms with Gasteiger partial charge in [-0.15, -0.1) is 0 Å². The molecule has 3 nitrogen and oxygen atoms in total. The summed E-state index contributed by atoms with van der Waals surface area (Å²) in [6, 6.07) is 5.56. The molecule has 1 aromatic carbocycles. The average Bonchev–Trinajstić information content (AvgIpc) is 2.44. The number of hydrogen-bond acceptors (Lipinski definition) is 2. The fourth-order valence-corrected chi connectivity index (χ4v) is 2.06. The molecule has 0 atom stereocenters. The number of nitrogens with two attached hydrogens (primary N) is 1. The molecule has 14 heavy (non-hydrogen) atoms. The van der Waals surface area contributed by atoms with E-state index in [0.29, 0.717) is 6.54 Å². The third-order valence-corrected chi connectivity index (χ3v) is 2.87. The van der Waals surface area contributed by atoms with Crippen molar-refractivity contribution in [3.8, 4) is 5.75 Å². The molecular formula is C10H11BrN2O. The van der Waals surface area contributed by atoms with Crippen LogP contribution in [0.2, 0.25) is 0 Å². The maximum Gasteiger partial charge on any atom is 0.126 e. The zero-order chi connectivity index (χ0) is 10.3. The highest BCUT2D eigenvalue weighted by Crippen LogP contribution is 2.31. The number of halogens is 1. The number of fused-ring (bicyclic) bond motifs is 1. The Morgan fingerprint density at radius 2 is 2.14 bits per heavy atom. The van der Waals surface area contributed by atoms with Crippen LogP contribution in [0.25, 0.3) is 10.9 Å². The van der Waals surface area contributed by atoms with Crippen LogP contribution in [-0.4, -0.2) is 9.67 Å². The number of hydrogen-bond donors (Lipinski definition) is 2. The zero-order valence-corrected chi connectivity index (χ0v) is 9.37. The van der Waals surface area contributed by atoms with Gasteiger partial charge >= 0.3 is 0 Å². The molecule has 74 valence electrons. The summed E-state index contributed by atoms with van der Waals surface area (Å²) in [6.07, 6.45) is 0. The Hall–Kier alpha value is -1.000. The molecular weight excluding hydrogens is 244 g/mol. The van der Waals surface area contributed by atoms with E-state index in [2.05, 4.69) is 15.9 Å². The van der Waals surface area contributed by atoms with Crippen LogP contribution in [0, 0.1) is 0 Å². The van der Waals surface area contributed by atoms with Gasteiger partial charge in [-0.3, -0.25) is 0 Å². The smallest absolute Gasteiger partial charge is 0.126 e. The molecule has 0 saturated heterocycles. The minimum absolute atomic E-state index is 0.282. The number of phenolic OH excluding ortho intramolecular Hbond substituents is 1. The number of nitrogens with zero attached hydrogens (tertiary/aromatic N) is 1. The van der Waals surface area contributed by atoms with E-state index in [9.17, 15) is 5.11 Å². The molecule has 0 bridgehead atoms. The third kappa shape index (κ3) is 1.31. The normalized spacial score (nSPS) is 11.1. The Labute approximate surface area is 90.3 Å². The molecule has 0 aliphatic heterocycles. The average molecular weight is 255 g/mol. The summed E-state index contributed by atoms with van der Waals surface area (Å²) in [6.45, 7) is 0.474. The standard InChI is InChI=1S/C10H11BrN2O/c1-13-7(5-12)4-8-9(13)2-6(11)3-10(8)14/h2-4,14H,5,12H2,1H3. The molecule has 0 fully saturated rings. The number of aromatic nitrogens is 1. The molecule has 1 aromatic heterocycles. The first-order chi connectivity index (χ1) is 6.63. The number of benzene rings is 1. The van der Waals surface area contributed by atoms with Crippen LogP contribution in [0.1, 0.15) is 5.69 Å². The Kier molecular flexibility index (Phi) is 2.25. The van der Waals surface area contributed by atoms with E-state index in [0.717, 1.165) is 21.1 Å². The van der Waals surface area contributed by atoms with Crippen LogP contribution in [0.4, 0.5) is 0 Å². The maximum absolute atomic E-state index is 9.70. The van der Waals surface area contributed by atoms with Crippen LogP contribution in [0.3, 0.4) is 0 Å². The van der Waals surface area contributed by atoms with E-state index in [1.54, 1.807) is 6.07 Å². The molecule has 0 amide bonds. The van der Waals surface area contributed by atoms with Gasteiger partial charge in [0, 0.05) is 29.1 Å². The Morgan fingerprint density at radius 1 is 1.43 bits per heavy atom. The SMILES string of the molecule is Cn1c(CN)cc2c(O)cc(Br)cc21. The van der Waals surface area contributed by atoms with Crippen molar-refractivity contribution in [2.24, 2.45) is 12.8 Å². The lowest BCUT2D eigenvalue weighted by molar-refractivity contribution is 0.481. The van der Waals surface area contributed by atoms with Crippen molar-refractivity contribution in [2.75, 3.05) is 0 Å². The van der Waals surface area contributed by atoms with Gasteiger partial charge in [-0.1, -0.05) is 15.9 Å². The maximum atomic E-state index is 9.70. The lowest BCUT2D eigenvalue weighted by atomic mass is 10.2. The first kappa shape index (κ1) is 9.55. The highest BCUT2D eigenvalue weighted by Gasteiger charge is 2.08. The molecule has 0 aliphatic rings. The molecule has 0 spiro atoms. The topological polar surface area (TPSA) is 51.2 Å². The zero-order valence-electron chi connectivity index (χ0n) is 7.79. The van der Waals surface area contributed by atoms with Gasteiger partial charge in [0.05, 0.1) is 5.52 Å². The molecule has 2 aromatic rings. The molecule has 0 radical (unpaired) electrons. The van der Waals surface area contributed by atoms with Crippen molar-refractivity contribution >= 4 is 26.8 Å². The summed E-state index contributed by atoms with van der Waals surface area (Å²) >= 11 is 3.34. The Bertz CT molecular complexity index is 490. The first-order valence-corrected chi connectivity index (χ1v) is 5.09. The van der Waals surface area contributed by atoms with Crippen LogP contribution in [-0.2, 0) is 13.6 Å². The van der Waals surface area contributed by atoms with Gasteiger partial charge in [-0.2, -0.15) is 0 Å². The van der Waals surface area contributed by atoms with Crippen molar-refractivity contribution in [3.63, 3.8) is 0 Å². The summed E-state index contributed by atoms with van der Waals surface area (Å²) < 4.78 is 2.85. The van der Waals surface area contributed by atoms with Crippen molar-refractivity contribution in [2.45, 2.75) is 6.54 Å². The molecule has 3 N–H and O–H groups in total. The highest BCUT2D eigenvalue weighted by atomic mass is 79.9. The summed E-state index contributed by atoms with van der Waals surface area (Å²) in [4.78, 5) is 0. The van der Waals surface area contributed by atoms with Gasteiger partial charge in [0.25, 0.3) is 0 Å². The summed E-state index contributed by atoms with van der Waals surface area (Å²) in [5, 5.41) is 10.5. The number of rotatable bonds is 1. The molecule has 2 rings (SSSR count). The minimum Gasteiger partial charge on any atom is -0.507 e. The first-order valence-electron chi connectivity index (χ1n) is 4.30. The fourth-order valence-electron chi connectivity index (χ4n) is 1.63. The van der Waals surface area contributed by atoms with E-state index in [1.807, 2.05) is 23.7 Å². The fraction of sp³-hybridized carbons (Fsp3) is 0.200. The molecule has 4 heteroatoms. The second-order valence-corrected chi connectivity index (χ2v) is 4.17. The number of aryl methyl sites for hydroxylation is 1.